The minimum atomic E-state index is -0.330. The molecule has 0 aliphatic rings. The molecule has 2 rings (SSSR count). The van der Waals surface area contributed by atoms with Crippen LogP contribution in [0.3, 0.4) is 0 Å². The van der Waals surface area contributed by atoms with Gasteiger partial charge in [-0.05, 0) is 43.3 Å². The van der Waals surface area contributed by atoms with Crippen LogP contribution in [-0.4, -0.2) is 11.7 Å². The number of unbranched alkanes of at least 4 members (excludes halogenated alkanes) is 9. The van der Waals surface area contributed by atoms with E-state index in [1.807, 2.05) is 25.1 Å². The Morgan fingerprint density at radius 2 is 1.61 bits per heavy atom. The molecule has 1 aromatic heterocycles. The second-order valence-electron chi connectivity index (χ2n) is 7.52. The number of aryl methyl sites for hydroxylation is 1. The molecule has 5 heteroatoms. The molecule has 4 nitrogen and oxygen atoms in total. The third-order valence-electron chi connectivity index (χ3n) is 5.03. The summed E-state index contributed by atoms with van der Waals surface area (Å²) in [5.41, 5.74) is 1.98. The highest BCUT2D eigenvalue weighted by Gasteiger charge is 2.04. The van der Waals surface area contributed by atoms with Crippen molar-refractivity contribution in [3.05, 3.63) is 40.2 Å². The van der Waals surface area contributed by atoms with Crippen LogP contribution in [0.2, 0.25) is 0 Å². The summed E-state index contributed by atoms with van der Waals surface area (Å²) in [6.45, 7) is 5.05. The van der Waals surface area contributed by atoms with Gasteiger partial charge in [-0.25, -0.2) is 4.79 Å². The van der Waals surface area contributed by atoms with Crippen molar-refractivity contribution in [3.8, 4) is 0 Å². The molecule has 1 aromatic carbocycles. The molecular weight excluding hydrogens is 368 g/mol. The van der Waals surface area contributed by atoms with Gasteiger partial charge in [0.1, 0.15) is 5.58 Å². The summed E-state index contributed by atoms with van der Waals surface area (Å²) >= 11 is 5.37. The molecule has 0 bridgehead atoms. The Bertz CT molecular complexity index is 801. The zero-order valence-corrected chi connectivity index (χ0v) is 18.1. The lowest BCUT2D eigenvalue weighted by molar-refractivity contribution is 0.555. The lowest BCUT2D eigenvalue weighted by Gasteiger charge is -2.11. The highest BCUT2D eigenvalue weighted by atomic mass is 32.1. The van der Waals surface area contributed by atoms with E-state index in [4.69, 9.17) is 16.6 Å². The van der Waals surface area contributed by atoms with Gasteiger partial charge in [-0.15, -0.1) is 0 Å². The monoisotopic (exact) mass is 402 g/mol. The predicted octanol–water partition coefficient (Wildman–Crippen LogP) is 6.31. The van der Waals surface area contributed by atoms with E-state index in [0.29, 0.717) is 10.7 Å². The Morgan fingerprint density at radius 1 is 0.964 bits per heavy atom. The van der Waals surface area contributed by atoms with E-state index in [1.165, 1.54) is 63.9 Å². The molecule has 0 saturated heterocycles. The maximum Gasteiger partial charge on any atom is 0.336 e. The average molecular weight is 403 g/mol. The molecule has 0 aliphatic carbocycles. The van der Waals surface area contributed by atoms with Gasteiger partial charge >= 0.3 is 5.63 Å². The minimum Gasteiger partial charge on any atom is -0.423 e. The van der Waals surface area contributed by atoms with E-state index in [-0.39, 0.29) is 5.63 Å². The molecule has 0 spiro atoms. The van der Waals surface area contributed by atoms with E-state index in [9.17, 15) is 4.79 Å². The SMILES string of the molecule is CCCCCCCCCCCCNC(=S)Nc1ccc2c(C)cc(=O)oc2c1. The quantitative estimate of drug-likeness (QED) is 0.247. The summed E-state index contributed by atoms with van der Waals surface area (Å²) in [7, 11) is 0. The van der Waals surface area contributed by atoms with Crippen LogP contribution < -0.4 is 16.3 Å². The van der Waals surface area contributed by atoms with Crippen LogP contribution in [-0.2, 0) is 0 Å². The fraction of sp³-hybridized carbons (Fsp3) is 0.565. The fourth-order valence-corrected chi connectivity index (χ4v) is 3.61. The summed E-state index contributed by atoms with van der Waals surface area (Å²) in [5.74, 6) is 0. The van der Waals surface area contributed by atoms with Gasteiger partial charge in [0, 0.05) is 29.8 Å². The zero-order valence-electron chi connectivity index (χ0n) is 17.3. The van der Waals surface area contributed by atoms with E-state index in [0.717, 1.165) is 29.6 Å². The van der Waals surface area contributed by atoms with Crippen molar-refractivity contribution in [1.82, 2.24) is 5.32 Å². The molecule has 1 heterocycles. The topological polar surface area (TPSA) is 54.3 Å². The first-order chi connectivity index (χ1) is 13.6. The average Bonchev–Trinajstić information content (AvgIpc) is 2.65. The van der Waals surface area contributed by atoms with E-state index >= 15 is 0 Å². The van der Waals surface area contributed by atoms with Crippen molar-refractivity contribution in [2.24, 2.45) is 0 Å². The lowest BCUT2D eigenvalue weighted by atomic mass is 10.1. The van der Waals surface area contributed by atoms with Crippen LogP contribution in [0, 0.1) is 6.92 Å². The van der Waals surface area contributed by atoms with Gasteiger partial charge < -0.3 is 15.1 Å². The van der Waals surface area contributed by atoms with Crippen molar-refractivity contribution in [1.29, 1.82) is 0 Å². The highest BCUT2D eigenvalue weighted by Crippen LogP contribution is 2.20. The summed E-state index contributed by atoms with van der Waals surface area (Å²) in [5, 5.41) is 7.96. The normalized spacial score (nSPS) is 10.9. The number of fused-ring (bicyclic) bond motifs is 1. The van der Waals surface area contributed by atoms with Crippen LogP contribution in [0.15, 0.2) is 33.5 Å². The van der Waals surface area contributed by atoms with Crippen LogP contribution in [0.1, 0.15) is 76.7 Å². The maximum absolute atomic E-state index is 11.5. The summed E-state index contributed by atoms with van der Waals surface area (Å²) in [4.78, 5) is 11.5. The Hall–Kier alpha value is -1.88. The Morgan fingerprint density at radius 3 is 2.29 bits per heavy atom. The third-order valence-corrected chi connectivity index (χ3v) is 5.27. The second-order valence-corrected chi connectivity index (χ2v) is 7.93. The van der Waals surface area contributed by atoms with Crippen molar-refractivity contribution in [2.45, 2.75) is 78.1 Å². The fourth-order valence-electron chi connectivity index (χ4n) is 3.39. The van der Waals surface area contributed by atoms with Crippen molar-refractivity contribution in [3.63, 3.8) is 0 Å². The molecule has 2 N–H and O–H groups in total. The molecule has 0 amide bonds. The van der Waals surface area contributed by atoms with Gasteiger partial charge in [0.15, 0.2) is 5.11 Å². The molecule has 0 atom stereocenters. The molecule has 0 unspecified atom stereocenters. The predicted molar refractivity (Wildman–Crippen MR) is 123 cm³/mol. The zero-order chi connectivity index (χ0) is 20.2. The maximum atomic E-state index is 11.5. The van der Waals surface area contributed by atoms with Crippen molar-refractivity contribution < 1.29 is 4.42 Å². The first-order valence-corrected chi connectivity index (χ1v) is 11.1. The molecule has 2 aromatic rings. The molecule has 0 aliphatic heterocycles. The van der Waals surface area contributed by atoms with Crippen LogP contribution in [0.25, 0.3) is 11.0 Å². The van der Waals surface area contributed by atoms with Crippen LogP contribution >= 0.6 is 12.2 Å². The van der Waals surface area contributed by atoms with Gasteiger partial charge in [-0.1, -0.05) is 64.7 Å². The number of hydrogen-bond acceptors (Lipinski definition) is 3. The number of anilines is 1. The van der Waals surface area contributed by atoms with E-state index in [2.05, 4.69) is 17.6 Å². The van der Waals surface area contributed by atoms with E-state index in [1.54, 1.807) is 0 Å². The van der Waals surface area contributed by atoms with Crippen LogP contribution in [0.4, 0.5) is 5.69 Å². The molecular formula is C23H34N2O2S. The number of thiocarbonyl (C=S) groups is 1. The third kappa shape index (κ3) is 8.01. The number of hydrogen-bond donors (Lipinski definition) is 2. The smallest absolute Gasteiger partial charge is 0.336 e. The first-order valence-electron chi connectivity index (χ1n) is 10.7. The second kappa shape index (κ2) is 12.6. The highest BCUT2D eigenvalue weighted by molar-refractivity contribution is 7.80. The molecule has 0 radical (unpaired) electrons. The molecule has 28 heavy (non-hydrogen) atoms. The number of nitrogens with one attached hydrogen (secondary N) is 2. The standard InChI is InChI=1S/C23H34N2O2S/c1-3-4-5-6-7-8-9-10-11-12-15-24-23(28)25-19-13-14-20-18(2)16-22(26)27-21(20)17-19/h13-14,16-17H,3-12,15H2,1-2H3,(H2,24,25,28). The van der Waals surface area contributed by atoms with Gasteiger partial charge in [0.2, 0.25) is 0 Å². The first kappa shape index (κ1) is 22.4. The molecule has 154 valence electrons. The summed E-state index contributed by atoms with van der Waals surface area (Å²) in [6, 6.07) is 7.22. The largest absolute Gasteiger partial charge is 0.423 e. The Kier molecular flexibility index (Phi) is 10.0. The van der Waals surface area contributed by atoms with Gasteiger partial charge in [-0.2, -0.15) is 0 Å². The van der Waals surface area contributed by atoms with Gasteiger partial charge in [0.05, 0.1) is 0 Å². The summed E-state index contributed by atoms with van der Waals surface area (Å²) < 4.78 is 5.28. The van der Waals surface area contributed by atoms with Gasteiger partial charge in [0.25, 0.3) is 0 Å². The Labute approximate surface area is 174 Å². The van der Waals surface area contributed by atoms with E-state index < -0.39 is 0 Å². The lowest BCUT2D eigenvalue weighted by Crippen LogP contribution is -2.29. The minimum absolute atomic E-state index is 0.330. The molecule has 0 fully saturated rings. The van der Waals surface area contributed by atoms with Crippen molar-refractivity contribution >= 4 is 34.0 Å². The number of rotatable bonds is 12. The number of benzene rings is 1. The van der Waals surface area contributed by atoms with Crippen LogP contribution in [0.5, 0.6) is 0 Å². The van der Waals surface area contributed by atoms with Crippen molar-refractivity contribution in [2.75, 3.05) is 11.9 Å². The van der Waals surface area contributed by atoms with Gasteiger partial charge in [-0.3, -0.25) is 0 Å². The Balaban J connectivity index is 1.60. The molecule has 0 saturated carbocycles. The summed E-state index contributed by atoms with van der Waals surface area (Å²) in [6.07, 6.45) is 13.3.